The van der Waals surface area contributed by atoms with Gasteiger partial charge in [-0.2, -0.15) is 5.26 Å². The van der Waals surface area contributed by atoms with Crippen LogP contribution in [0.3, 0.4) is 0 Å². The highest BCUT2D eigenvalue weighted by Crippen LogP contribution is 2.16. The number of rotatable bonds is 3. The molecule has 2 rings (SSSR count). The molecule has 1 saturated heterocycles. The maximum absolute atomic E-state index is 12.9. The Kier molecular flexibility index (Phi) is 3.37. The minimum Gasteiger partial charge on any atom is -0.382 e. The van der Waals surface area contributed by atoms with E-state index in [4.69, 9.17) is 5.26 Å². The number of nitrogens with one attached hydrogen (secondary N) is 2. The van der Waals surface area contributed by atoms with Crippen LogP contribution in [0, 0.1) is 17.1 Å². The van der Waals surface area contributed by atoms with Crippen molar-refractivity contribution in [2.24, 2.45) is 0 Å². The third-order valence-electron chi connectivity index (χ3n) is 2.80. The number of anilines is 1. The van der Waals surface area contributed by atoms with Gasteiger partial charge in [0, 0.05) is 12.6 Å². The van der Waals surface area contributed by atoms with E-state index in [-0.39, 0.29) is 5.82 Å². The van der Waals surface area contributed by atoms with Gasteiger partial charge in [-0.05, 0) is 37.6 Å². The first-order valence-corrected chi connectivity index (χ1v) is 5.46. The molecule has 1 aliphatic heterocycles. The molecule has 1 atom stereocenters. The molecule has 84 valence electrons. The van der Waals surface area contributed by atoms with Crippen LogP contribution in [-0.2, 0) is 0 Å². The van der Waals surface area contributed by atoms with Crippen LogP contribution in [0.5, 0.6) is 0 Å². The van der Waals surface area contributed by atoms with E-state index in [0.29, 0.717) is 17.3 Å². The number of nitriles is 1. The molecule has 0 amide bonds. The van der Waals surface area contributed by atoms with Crippen LogP contribution in [0.25, 0.3) is 0 Å². The molecule has 3 nitrogen and oxygen atoms in total. The standard InChI is InChI=1S/C12H14FN3/c13-10-3-4-12(9(6-10)7-14)16-8-11-2-1-5-15-11/h3-4,6,11,15-16H,1-2,5,8H2. The molecule has 0 radical (unpaired) electrons. The fourth-order valence-electron chi connectivity index (χ4n) is 1.93. The molecule has 16 heavy (non-hydrogen) atoms. The van der Waals surface area contributed by atoms with E-state index in [9.17, 15) is 4.39 Å². The van der Waals surface area contributed by atoms with Crippen molar-refractivity contribution in [3.05, 3.63) is 29.6 Å². The Bertz CT molecular complexity index is 405. The van der Waals surface area contributed by atoms with Gasteiger partial charge in [0.1, 0.15) is 11.9 Å². The number of hydrogen-bond donors (Lipinski definition) is 2. The van der Waals surface area contributed by atoms with E-state index in [2.05, 4.69) is 10.6 Å². The molecular formula is C12H14FN3. The molecule has 1 aliphatic rings. The van der Waals surface area contributed by atoms with Crippen molar-refractivity contribution >= 4 is 5.69 Å². The lowest BCUT2D eigenvalue weighted by molar-refractivity contribution is 0.625. The summed E-state index contributed by atoms with van der Waals surface area (Å²) in [5.41, 5.74) is 1.07. The van der Waals surface area contributed by atoms with Crippen LogP contribution in [0.1, 0.15) is 18.4 Å². The normalized spacial score (nSPS) is 19.4. The first kappa shape index (κ1) is 10.9. The molecule has 1 heterocycles. The monoisotopic (exact) mass is 219 g/mol. The lowest BCUT2D eigenvalue weighted by Gasteiger charge is -2.13. The van der Waals surface area contributed by atoms with Gasteiger partial charge in [0.2, 0.25) is 0 Å². The van der Waals surface area contributed by atoms with E-state index in [1.807, 2.05) is 6.07 Å². The number of halogens is 1. The third kappa shape index (κ3) is 2.50. The fourth-order valence-corrected chi connectivity index (χ4v) is 1.93. The highest BCUT2D eigenvalue weighted by molar-refractivity contribution is 5.57. The summed E-state index contributed by atoms with van der Waals surface area (Å²) in [7, 11) is 0. The molecule has 1 fully saturated rings. The predicted molar refractivity (Wildman–Crippen MR) is 60.6 cm³/mol. The molecule has 0 aliphatic carbocycles. The highest BCUT2D eigenvalue weighted by Gasteiger charge is 2.14. The van der Waals surface area contributed by atoms with Gasteiger partial charge in [0.15, 0.2) is 0 Å². The Balaban J connectivity index is 2.00. The van der Waals surface area contributed by atoms with Gasteiger partial charge >= 0.3 is 0 Å². The van der Waals surface area contributed by atoms with E-state index in [0.717, 1.165) is 19.5 Å². The highest BCUT2D eigenvalue weighted by atomic mass is 19.1. The van der Waals surface area contributed by atoms with Crippen molar-refractivity contribution in [3.8, 4) is 6.07 Å². The quantitative estimate of drug-likeness (QED) is 0.815. The number of nitrogens with zero attached hydrogens (tertiary/aromatic N) is 1. The van der Waals surface area contributed by atoms with Crippen molar-refractivity contribution in [2.75, 3.05) is 18.4 Å². The second kappa shape index (κ2) is 4.95. The van der Waals surface area contributed by atoms with Crippen LogP contribution in [-0.4, -0.2) is 19.1 Å². The van der Waals surface area contributed by atoms with Crippen LogP contribution in [0.2, 0.25) is 0 Å². The maximum Gasteiger partial charge on any atom is 0.124 e. The molecule has 0 saturated carbocycles. The third-order valence-corrected chi connectivity index (χ3v) is 2.80. The van der Waals surface area contributed by atoms with Gasteiger partial charge in [0.05, 0.1) is 11.3 Å². The minimum atomic E-state index is -0.374. The summed E-state index contributed by atoms with van der Waals surface area (Å²) in [6.45, 7) is 1.83. The van der Waals surface area contributed by atoms with E-state index in [1.165, 1.54) is 18.6 Å². The molecule has 1 aromatic rings. The topological polar surface area (TPSA) is 47.9 Å². The summed E-state index contributed by atoms with van der Waals surface area (Å²) in [4.78, 5) is 0. The molecule has 0 aromatic heterocycles. The van der Waals surface area contributed by atoms with Gasteiger partial charge in [-0.1, -0.05) is 0 Å². The largest absolute Gasteiger partial charge is 0.382 e. The zero-order chi connectivity index (χ0) is 11.4. The number of benzene rings is 1. The zero-order valence-electron chi connectivity index (χ0n) is 8.96. The minimum absolute atomic E-state index is 0.359. The summed E-state index contributed by atoms with van der Waals surface area (Å²) >= 11 is 0. The first-order valence-electron chi connectivity index (χ1n) is 5.46. The molecule has 0 spiro atoms. The molecule has 1 aromatic carbocycles. The molecule has 1 unspecified atom stereocenters. The van der Waals surface area contributed by atoms with Crippen molar-refractivity contribution in [1.82, 2.24) is 5.32 Å². The Morgan fingerprint density at radius 2 is 2.44 bits per heavy atom. The summed E-state index contributed by atoms with van der Waals surface area (Å²) in [6, 6.07) is 6.68. The molecule has 0 bridgehead atoms. The van der Waals surface area contributed by atoms with Gasteiger partial charge in [-0.25, -0.2) is 4.39 Å². The lowest BCUT2D eigenvalue weighted by atomic mass is 10.1. The van der Waals surface area contributed by atoms with Crippen molar-refractivity contribution < 1.29 is 4.39 Å². The van der Waals surface area contributed by atoms with Gasteiger partial charge in [-0.15, -0.1) is 0 Å². The van der Waals surface area contributed by atoms with Crippen LogP contribution >= 0.6 is 0 Å². The Morgan fingerprint density at radius 3 is 3.12 bits per heavy atom. The average Bonchev–Trinajstić information content (AvgIpc) is 2.80. The van der Waals surface area contributed by atoms with Crippen LogP contribution < -0.4 is 10.6 Å². The molecular weight excluding hydrogens is 205 g/mol. The van der Waals surface area contributed by atoms with Gasteiger partial charge in [0.25, 0.3) is 0 Å². The van der Waals surface area contributed by atoms with Crippen LogP contribution in [0.4, 0.5) is 10.1 Å². The lowest BCUT2D eigenvalue weighted by Crippen LogP contribution is -2.29. The SMILES string of the molecule is N#Cc1cc(F)ccc1NCC1CCCN1. The average molecular weight is 219 g/mol. The zero-order valence-corrected chi connectivity index (χ0v) is 8.96. The van der Waals surface area contributed by atoms with Gasteiger partial charge in [-0.3, -0.25) is 0 Å². The second-order valence-electron chi connectivity index (χ2n) is 3.98. The predicted octanol–water partition coefficient (Wildman–Crippen LogP) is 1.86. The fraction of sp³-hybridized carbons (Fsp3) is 0.417. The maximum atomic E-state index is 12.9. The summed E-state index contributed by atoms with van der Waals surface area (Å²) in [5, 5.41) is 15.4. The van der Waals surface area contributed by atoms with Crippen molar-refractivity contribution in [1.29, 1.82) is 5.26 Å². The molecule has 4 heteroatoms. The first-order chi connectivity index (χ1) is 7.79. The van der Waals surface area contributed by atoms with E-state index < -0.39 is 0 Å². The smallest absolute Gasteiger partial charge is 0.124 e. The van der Waals surface area contributed by atoms with E-state index >= 15 is 0 Å². The Morgan fingerprint density at radius 1 is 1.56 bits per heavy atom. The van der Waals surface area contributed by atoms with Crippen molar-refractivity contribution in [3.63, 3.8) is 0 Å². The molecule has 2 N–H and O–H groups in total. The summed E-state index contributed by atoms with van der Waals surface area (Å²) < 4.78 is 12.9. The van der Waals surface area contributed by atoms with Crippen molar-refractivity contribution in [2.45, 2.75) is 18.9 Å². The number of hydrogen-bond acceptors (Lipinski definition) is 3. The second-order valence-corrected chi connectivity index (χ2v) is 3.98. The summed E-state index contributed by atoms with van der Waals surface area (Å²) in [6.07, 6.45) is 2.34. The summed E-state index contributed by atoms with van der Waals surface area (Å²) in [5.74, 6) is -0.374. The Hall–Kier alpha value is -1.60. The van der Waals surface area contributed by atoms with Crippen LogP contribution in [0.15, 0.2) is 18.2 Å². The van der Waals surface area contributed by atoms with Gasteiger partial charge < -0.3 is 10.6 Å². The van der Waals surface area contributed by atoms with E-state index in [1.54, 1.807) is 6.07 Å². The Labute approximate surface area is 94.3 Å².